The molecule has 16 saturated carbocycles. The van der Waals surface area contributed by atoms with E-state index in [1.165, 1.54) is 14.3 Å². The van der Waals surface area contributed by atoms with Gasteiger partial charge in [0.1, 0.15) is 50.5 Å². The van der Waals surface area contributed by atoms with Crippen LogP contribution in [0.3, 0.4) is 0 Å². The molecule has 0 heterocycles. The summed E-state index contributed by atoms with van der Waals surface area (Å²) in [4.78, 5) is 69.4. The highest BCUT2D eigenvalue weighted by atomic mass is 127. The summed E-state index contributed by atoms with van der Waals surface area (Å²) in [6.45, 7) is -1.04. The van der Waals surface area contributed by atoms with E-state index in [4.69, 9.17) is 29.7 Å². The topological polar surface area (TPSA) is 373 Å². The molecule has 612 valence electrons. The Morgan fingerprint density at radius 2 is 0.640 bits per heavy atom. The second-order valence-electron chi connectivity index (χ2n) is 32.5. The fourth-order valence-corrected chi connectivity index (χ4v) is 26.4. The number of aliphatic hydroxyl groups excluding tert-OH is 2. The Balaban J connectivity index is 0.000000140. The van der Waals surface area contributed by atoms with Gasteiger partial charge in [-0.1, -0.05) is 72.8 Å². The Morgan fingerprint density at radius 3 is 0.883 bits per heavy atom. The van der Waals surface area contributed by atoms with Crippen molar-refractivity contribution in [1.29, 1.82) is 0 Å². The molecule has 4 aromatic rings. The number of halogens is 6. The first-order valence-electron chi connectivity index (χ1n) is 37.4. The van der Waals surface area contributed by atoms with Gasteiger partial charge in [0.25, 0.3) is 0 Å². The van der Waals surface area contributed by atoms with Gasteiger partial charge in [0.05, 0.1) is 64.4 Å². The minimum atomic E-state index is -4.13. The summed E-state index contributed by atoms with van der Waals surface area (Å²) in [6, 6.07) is 42.8. The second-order valence-corrected chi connectivity index (χ2v) is 40.2. The molecule has 8 unspecified atom stereocenters. The number of carbonyl (C=O) groups excluding carboxylic acids is 5. The third-order valence-electron chi connectivity index (χ3n) is 23.4. The molecule has 0 saturated heterocycles. The lowest BCUT2D eigenvalue weighted by atomic mass is 9.48. The molecule has 24 nitrogen and oxygen atoms in total. The number of carbonyl (C=O) groups is 6. The van der Waals surface area contributed by atoms with Crippen LogP contribution in [0.4, 0.5) is 17.6 Å². The number of hydrogen-bond acceptors (Lipinski definition) is 25. The molecular weight excluding hydrogens is 1730 g/mol. The number of ether oxygens (including phenoxy) is 5. The number of rotatable bonds is 23. The molecule has 8 atom stereocenters. The number of methoxy groups -OCH3 is 1. The molecule has 111 heavy (non-hydrogen) atoms. The SMILES string of the molecule is COC(=O)C(F)(F)SOO[O-].O=C(O)C12CC3CC(CC(O)(C3)C1)C2.O=C(OCCO)C12CC3CC(CC(O)(C3)C1)C2.O=C(OCCO)C12CC3CC(CC(O)(C3)C1)C2.O=C(OCCOC(=O)C(F)(F)SOO[O-])C12CC3CC(CC(O)(C3)C1)C2.c1ccc([I+]c2ccccc2)cc1.c1ccc([I+]c2ccccc2)cc1. The van der Waals surface area contributed by atoms with Crippen LogP contribution in [0.15, 0.2) is 121 Å². The summed E-state index contributed by atoms with van der Waals surface area (Å²) in [5.41, 5.74) is -4.91. The average molecular weight is 1830 g/mol. The molecular formula is C79H98F4I2O24S2. The number of benzene rings is 4. The maximum atomic E-state index is 13.1. The first-order chi connectivity index (χ1) is 52.7. The van der Waals surface area contributed by atoms with Crippen molar-refractivity contribution >= 4 is 59.9 Å². The number of alkyl halides is 4. The highest BCUT2D eigenvalue weighted by Gasteiger charge is 2.65. The Morgan fingerprint density at radius 1 is 0.396 bits per heavy atom. The lowest BCUT2D eigenvalue weighted by Crippen LogP contribution is -3.61. The number of esters is 5. The van der Waals surface area contributed by atoms with Crippen molar-refractivity contribution < 1.29 is 177 Å². The van der Waals surface area contributed by atoms with Crippen molar-refractivity contribution in [3.8, 4) is 0 Å². The van der Waals surface area contributed by atoms with Crippen molar-refractivity contribution in [3.05, 3.63) is 136 Å². The Bertz CT molecular complexity index is 3460. The van der Waals surface area contributed by atoms with E-state index in [0.29, 0.717) is 98.7 Å². The number of hydrogen-bond donors (Lipinski definition) is 7. The third kappa shape index (κ3) is 23.5. The van der Waals surface area contributed by atoms with Gasteiger partial charge in [-0.05, 0) is 250 Å². The fourth-order valence-electron chi connectivity index (χ4n) is 21.4. The largest absolute Gasteiger partial charge is 0.691 e. The number of aliphatic hydroxyl groups is 6. The number of carboxylic acids is 1. The van der Waals surface area contributed by atoms with Gasteiger partial charge in [0.15, 0.2) is 14.3 Å². The molecule has 0 amide bonds. The van der Waals surface area contributed by atoms with E-state index >= 15 is 0 Å². The van der Waals surface area contributed by atoms with E-state index in [-0.39, 0.29) is 87.4 Å². The zero-order valence-electron chi connectivity index (χ0n) is 61.5. The van der Waals surface area contributed by atoms with Gasteiger partial charge >= 0.3 is 88.7 Å². The summed E-state index contributed by atoms with van der Waals surface area (Å²) >= 11 is -1.46. The molecule has 16 bridgehead atoms. The van der Waals surface area contributed by atoms with Crippen LogP contribution in [0, 0.1) is 83.3 Å². The molecule has 0 aliphatic heterocycles. The molecule has 7 N–H and O–H groups in total. The first kappa shape index (κ1) is 88.5. The van der Waals surface area contributed by atoms with Crippen molar-refractivity contribution in [2.75, 3.05) is 46.8 Å². The predicted molar refractivity (Wildman–Crippen MR) is 376 cm³/mol. The normalized spacial score (nSPS) is 33.1. The first-order valence-corrected chi connectivity index (χ1v) is 43.2. The van der Waals surface area contributed by atoms with Gasteiger partial charge in [-0.2, -0.15) is 26.2 Å². The molecule has 4 aromatic carbocycles. The molecule has 20 rings (SSSR count). The smallest absolute Gasteiger partial charge is 0.415 e. The molecule has 32 heteroatoms. The zero-order valence-corrected chi connectivity index (χ0v) is 67.5. The Kier molecular flexibility index (Phi) is 30.6. The van der Waals surface area contributed by atoms with Crippen LogP contribution in [-0.4, -0.2) is 151 Å². The minimum Gasteiger partial charge on any atom is -0.691 e. The number of carboxylic acid groups (broad SMARTS) is 1. The Labute approximate surface area is 671 Å². The van der Waals surface area contributed by atoms with Crippen molar-refractivity contribution in [3.63, 3.8) is 0 Å². The van der Waals surface area contributed by atoms with E-state index in [2.05, 4.69) is 150 Å². The summed E-state index contributed by atoms with van der Waals surface area (Å²) in [5.74, 6) is -1.82. The van der Waals surface area contributed by atoms with E-state index in [0.717, 1.165) is 110 Å². The summed E-state index contributed by atoms with van der Waals surface area (Å²) in [6.07, 6.45) is 19.4. The molecule has 0 spiro atoms. The van der Waals surface area contributed by atoms with Crippen LogP contribution >= 0.6 is 24.1 Å². The fraction of sp³-hybridized carbons (Fsp3) is 0.620. The quantitative estimate of drug-likeness (QED) is 0.00819. The average Bonchev–Trinajstić information content (AvgIpc) is 0.745. The molecule has 16 fully saturated rings. The van der Waals surface area contributed by atoms with Crippen LogP contribution in [0.2, 0.25) is 0 Å². The molecule has 0 aromatic heterocycles. The highest BCUT2D eigenvalue weighted by molar-refractivity contribution is 7.96. The predicted octanol–water partition coefficient (Wildman–Crippen LogP) is 3.23. The van der Waals surface area contributed by atoms with E-state index < -0.39 is 109 Å². The Hall–Kier alpha value is -4.90. The van der Waals surface area contributed by atoms with E-state index in [1.807, 2.05) is 0 Å². The summed E-state index contributed by atoms with van der Waals surface area (Å²) in [5, 5.41) is 84.4. The summed E-state index contributed by atoms with van der Waals surface area (Å²) in [7, 11) is 0.773. The van der Waals surface area contributed by atoms with Crippen molar-refractivity contribution in [2.24, 2.45) is 69.0 Å². The van der Waals surface area contributed by atoms with Crippen LogP contribution < -0.4 is 52.9 Å². The van der Waals surface area contributed by atoms with Crippen LogP contribution in [0.1, 0.15) is 154 Å². The third-order valence-corrected chi connectivity index (χ3v) is 29.8. The lowest BCUT2D eigenvalue weighted by Gasteiger charge is -2.58. The lowest BCUT2D eigenvalue weighted by molar-refractivity contribution is -0.777. The maximum absolute atomic E-state index is 13.1. The van der Waals surface area contributed by atoms with Crippen molar-refractivity contribution in [1.82, 2.24) is 0 Å². The zero-order chi connectivity index (χ0) is 79.9. The van der Waals surface area contributed by atoms with Gasteiger partial charge in [-0.25, -0.2) is 9.59 Å². The molecule has 16 aliphatic carbocycles. The van der Waals surface area contributed by atoms with Crippen LogP contribution in [-0.2, 0) is 71.2 Å². The van der Waals surface area contributed by atoms with Gasteiger partial charge in [0.2, 0.25) is 0 Å². The standard InChI is InChI=1S/C15H20F2O8S.2C13H20O4.2C12H10I.C11H16O3.C3H4F2O5S/c16-15(17,26-25-24-21)12(19)23-2-1-22-11(18)13-4-9-3-10(5-13)7-14(20,6-9)8-13;2*14-1-2-17-11(15)12-4-9-3-10(5-12)7-13(16,6-9)8-12;2*1-3-7-11(8-4-1)13-12-9-5-2-6-10-12;12-9(13)10-2-7-1-8(3-10)5-11(14,4-7)6-10;1-8-2(6)3(4,5)11-10-9-7/h9-10,20-21H,1-8H2;2*9-10,14,16H,1-8H2;2*1-10H;7-8,14H,1-6H2,(H,12,13);7H,1H3/q;;;2*+1;;/p-2. The van der Waals surface area contributed by atoms with Gasteiger partial charge in [-0.3, -0.25) is 29.3 Å². The second kappa shape index (κ2) is 38.5. The maximum Gasteiger partial charge on any atom is 0.415 e. The minimum absolute atomic E-state index is 0.0287. The van der Waals surface area contributed by atoms with Gasteiger partial charge < -0.3 is 69.9 Å². The molecule has 16 aliphatic rings. The molecule has 0 radical (unpaired) electrons. The highest BCUT2D eigenvalue weighted by Crippen LogP contribution is 2.65. The number of aliphatic carboxylic acids is 1. The van der Waals surface area contributed by atoms with E-state index in [9.17, 15) is 77.1 Å². The van der Waals surface area contributed by atoms with Crippen molar-refractivity contribution in [2.45, 2.75) is 187 Å². The van der Waals surface area contributed by atoms with Gasteiger partial charge in [0, 0.05) is 0 Å². The van der Waals surface area contributed by atoms with Crippen LogP contribution in [0.25, 0.3) is 0 Å². The summed E-state index contributed by atoms with van der Waals surface area (Å²) < 4.78 is 86.5. The van der Waals surface area contributed by atoms with E-state index in [1.54, 1.807) is 0 Å². The van der Waals surface area contributed by atoms with Crippen LogP contribution in [0.5, 0.6) is 0 Å². The van der Waals surface area contributed by atoms with Gasteiger partial charge in [-0.15, -0.1) is 0 Å². The monoisotopic (exact) mass is 1820 g/mol.